The van der Waals surface area contributed by atoms with Gasteiger partial charge in [0.2, 0.25) is 5.91 Å². The molecule has 2 saturated heterocycles. The molecule has 2 aliphatic rings. The molecular weight excluding hydrogens is 348 g/mol. The van der Waals surface area contributed by atoms with E-state index < -0.39 is 0 Å². The van der Waals surface area contributed by atoms with E-state index in [1.165, 1.54) is 0 Å². The van der Waals surface area contributed by atoms with Crippen LogP contribution in [0, 0.1) is 0 Å². The van der Waals surface area contributed by atoms with Crippen LogP contribution in [-0.4, -0.2) is 41.7 Å². The number of carbonyl (C=O) groups is 1. The molecule has 0 aliphatic carbocycles. The molecule has 0 unspecified atom stereocenters. The highest BCUT2D eigenvalue weighted by Crippen LogP contribution is 2.36. The number of hydrogen-bond donors (Lipinski definition) is 0. The van der Waals surface area contributed by atoms with Crippen LogP contribution in [0.5, 0.6) is 5.75 Å². The molecular formula is C20H24N2O3S. The van der Waals surface area contributed by atoms with Crippen molar-refractivity contribution in [1.82, 2.24) is 9.88 Å². The molecule has 26 heavy (non-hydrogen) atoms. The van der Waals surface area contributed by atoms with E-state index in [2.05, 4.69) is 4.98 Å². The average molecular weight is 372 g/mol. The highest BCUT2D eigenvalue weighted by atomic mass is 32.1. The minimum atomic E-state index is -0.0517. The van der Waals surface area contributed by atoms with Gasteiger partial charge in [0.05, 0.1) is 19.3 Å². The first-order valence-electron chi connectivity index (χ1n) is 9.18. The molecule has 1 amide bonds. The Hall–Kier alpha value is -1.92. The standard InChI is InChI=1S/C20H24N2O3S/c1-24-16-5-2-4-15(12-16)19-21-13-17(26-19)14-22-10-9-20(7-3-11-25-20)8-6-18(22)23/h2,4-5,12-13H,3,6-11,14H2,1H3/t20-/m0/s1. The van der Waals surface area contributed by atoms with Crippen molar-refractivity contribution in [2.45, 2.75) is 44.2 Å². The van der Waals surface area contributed by atoms with Crippen LogP contribution in [0.3, 0.4) is 0 Å². The second kappa shape index (κ2) is 7.37. The second-order valence-corrected chi connectivity index (χ2v) is 8.18. The Morgan fingerprint density at radius 2 is 2.27 bits per heavy atom. The van der Waals surface area contributed by atoms with Gasteiger partial charge in [-0.1, -0.05) is 12.1 Å². The van der Waals surface area contributed by atoms with E-state index in [0.717, 1.165) is 60.0 Å². The average Bonchev–Trinajstić information content (AvgIpc) is 3.30. The van der Waals surface area contributed by atoms with Crippen molar-refractivity contribution in [2.24, 2.45) is 0 Å². The first-order valence-corrected chi connectivity index (χ1v) is 10.00. The fraction of sp³-hybridized carbons (Fsp3) is 0.500. The number of aromatic nitrogens is 1. The Morgan fingerprint density at radius 1 is 1.35 bits per heavy atom. The van der Waals surface area contributed by atoms with Gasteiger partial charge in [-0.15, -0.1) is 11.3 Å². The Morgan fingerprint density at radius 3 is 3.08 bits per heavy atom. The van der Waals surface area contributed by atoms with Crippen molar-refractivity contribution >= 4 is 17.2 Å². The lowest BCUT2D eigenvalue weighted by Crippen LogP contribution is -2.31. The van der Waals surface area contributed by atoms with E-state index in [1.807, 2.05) is 35.4 Å². The predicted molar refractivity (Wildman–Crippen MR) is 101 cm³/mol. The number of methoxy groups -OCH3 is 1. The molecule has 0 bridgehead atoms. The summed E-state index contributed by atoms with van der Waals surface area (Å²) < 4.78 is 11.3. The second-order valence-electron chi connectivity index (χ2n) is 7.06. The van der Waals surface area contributed by atoms with Crippen molar-refractivity contribution in [3.05, 3.63) is 35.3 Å². The maximum Gasteiger partial charge on any atom is 0.223 e. The topological polar surface area (TPSA) is 51.7 Å². The van der Waals surface area contributed by atoms with Crippen molar-refractivity contribution in [3.8, 4) is 16.3 Å². The van der Waals surface area contributed by atoms with Crippen molar-refractivity contribution in [1.29, 1.82) is 0 Å². The van der Waals surface area contributed by atoms with Gasteiger partial charge in [-0.05, 0) is 37.8 Å². The fourth-order valence-electron chi connectivity index (χ4n) is 3.86. The third kappa shape index (κ3) is 3.62. The van der Waals surface area contributed by atoms with E-state index in [-0.39, 0.29) is 11.5 Å². The number of rotatable bonds is 4. The molecule has 4 rings (SSSR count). The summed E-state index contributed by atoms with van der Waals surface area (Å²) in [4.78, 5) is 20.2. The molecule has 0 saturated carbocycles. The molecule has 2 aromatic rings. The van der Waals surface area contributed by atoms with Gasteiger partial charge in [0.1, 0.15) is 10.8 Å². The van der Waals surface area contributed by atoms with Crippen molar-refractivity contribution < 1.29 is 14.3 Å². The van der Waals surface area contributed by atoms with E-state index in [0.29, 0.717) is 13.0 Å². The quantitative estimate of drug-likeness (QED) is 0.817. The number of amides is 1. The molecule has 0 N–H and O–H groups in total. The van der Waals surface area contributed by atoms with Crippen molar-refractivity contribution in [3.63, 3.8) is 0 Å². The van der Waals surface area contributed by atoms with Crippen LogP contribution in [-0.2, 0) is 16.1 Å². The van der Waals surface area contributed by atoms with Gasteiger partial charge >= 0.3 is 0 Å². The highest BCUT2D eigenvalue weighted by molar-refractivity contribution is 7.15. The van der Waals surface area contributed by atoms with Gasteiger partial charge in [0, 0.05) is 36.2 Å². The molecule has 2 fully saturated rings. The maximum absolute atomic E-state index is 12.6. The summed E-state index contributed by atoms with van der Waals surface area (Å²) in [5.74, 6) is 1.05. The SMILES string of the molecule is COc1cccc(-c2ncc(CN3CC[C@]4(CCCO4)CCC3=O)s2)c1. The van der Waals surface area contributed by atoms with E-state index in [4.69, 9.17) is 9.47 Å². The lowest BCUT2D eigenvalue weighted by molar-refractivity contribution is -0.131. The zero-order chi connectivity index (χ0) is 18.0. The number of hydrogen-bond acceptors (Lipinski definition) is 5. The number of nitrogens with zero attached hydrogens (tertiary/aromatic N) is 2. The van der Waals surface area contributed by atoms with E-state index in [1.54, 1.807) is 18.4 Å². The first kappa shape index (κ1) is 17.5. The fourth-order valence-corrected chi connectivity index (χ4v) is 4.78. The van der Waals surface area contributed by atoms with Gasteiger partial charge in [-0.25, -0.2) is 4.98 Å². The molecule has 5 nitrogen and oxygen atoms in total. The van der Waals surface area contributed by atoms with Crippen LogP contribution in [0.25, 0.3) is 10.6 Å². The molecule has 1 aromatic carbocycles. The molecule has 6 heteroatoms. The lowest BCUT2D eigenvalue weighted by atomic mass is 9.92. The number of benzene rings is 1. The normalized spacial score (nSPS) is 23.4. The summed E-state index contributed by atoms with van der Waals surface area (Å²) in [5, 5.41) is 0.955. The number of thiazole rings is 1. The van der Waals surface area contributed by atoms with Crippen LogP contribution in [0.15, 0.2) is 30.5 Å². The predicted octanol–water partition coefficient (Wildman–Crippen LogP) is 3.88. The third-order valence-corrected chi connectivity index (χ3v) is 6.42. The van der Waals surface area contributed by atoms with Gasteiger partial charge < -0.3 is 14.4 Å². The van der Waals surface area contributed by atoms with Gasteiger partial charge in [-0.3, -0.25) is 4.79 Å². The van der Waals surface area contributed by atoms with E-state index in [9.17, 15) is 4.79 Å². The molecule has 138 valence electrons. The summed E-state index contributed by atoms with van der Waals surface area (Å²) in [6.45, 7) is 2.24. The molecule has 1 atom stereocenters. The lowest BCUT2D eigenvalue weighted by Gasteiger charge is -2.26. The zero-order valence-electron chi connectivity index (χ0n) is 15.1. The van der Waals surface area contributed by atoms with Crippen LogP contribution in [0.2, 0.25) is 0 Å². The zero-order valence-corrected chi connectivity index (χ0v) is 15.9. The van der Waals surface area contributed by atoms with Gasteiger partial charge in [0.15, 0.2) is 0 Å². The number of ether oxygens (including phenoxy) is 2. The molecule has 2 aliphatic heterocycles. The summed E-state index contributed by atoms with van der Waals surface area (Å²) in [7, 11) is 1.66. The van der Waals surface area contributed by atoms with Crippen LogP contribution in [0.4, 0.5) is 0 Å². The Bertz CT molecular complexity index is 783. The Labute approximate surface area is 157 Å². The van der Waals surface area contributed by atoms with Gasteiger partial charge in [0.25, 0.3) is 0 Å². The largest absolute Gasteiger partial charge is 0.497 e. The van der Waals surface area contributed by atoms with Crippen molar-refractivity contribution in [2.75, 3.05) is 20.3 Å². The first-order chi connectivity index (χ1) is 12.7. The maximum atomic E-state index is 12.6. The highest BCUT2D eigenvalue weighted by Gasteiger charge is 2.38. The molecule has 0 radical (unpaired) electrons. The van der Waals surface area contributed by atoms with Crippen LogP contribution < -0.4 is 4.74 Å². The Kier molecular flexibility index (Phi) is 4.96. The molecule has 1 aromatic heterocycles. The van der Waals surface area contributed by atoms with E-state index >= 15 is 0 Å². The summed E-state index contributed by atoms with van der Waals surface area (Å²) >= 11 is 1.64. The summed E-state index contributed by atoms with van der Waals surface area (Å²) in [6, 6.07) is 7.91. The molecule has 1 spiro atoms. The minimum Gasteiger partial charge on any atom is -0.497 e. The number of carbonyl (C=O) groups excluding carboxylic acids is 1. The Balaban J connectivity index is 1.45. The van der Waals surface area contributed by atoms with Crippen LogP contribution >= 0.6 is 11.3 Å². The number of likely N-dealkylation sites (tertiary alicyclic amines) is 1. The van der Waals surface area contributed by atoms with Crippen LogP contribution in [0.1, 0.15) is 37.0 Å². The monoisotopic (exact) mass is 372 g/mol. The molecule has 3 heterocycles. The summed E-state index contributed by atoms with van der Waals surface area (Å²) in [5.41, 5.74) is 0.991. The van der Waals surface area contributed by atoms with Gasteiger partial charge in [-0.2, -0.15) is 0 Å². The third-order valence-electron chi connectivity index (χ3n) is 5.39. The minimum absolute atomic E-state index is 0.0517. The summed E-state index contributed by atoms with van der Waals surface area (Å²) in [6.07, 6.45) is 6.49. The smallest absolute Gasteiger partial charge is 0.223 e.